The molecule has 0 aliphatic heterocycles. The zero-order valence-electron chi connectivity index (χ0n) is 18.7. The zero-order valence-corrected chi connectivity index (χ0v) is 18.7. The predicted octanol–water partition coefficient (Wildman–Crippen LogP) is 4.71. The molecule has 1 aromatic carbocycles. The number of carbonyl (C=O) groups is 2. The average Bonchev–Trinajstić information content (AvgIpc) is 3.17. The van der Waals surface area contributed by atoms with Crippen molar-refractivity contribution in [3.05, 3.63) is 77.8 Å². The first kappa shape index (κ1) is 22.6. The lowest BCUT2D eigenvalue weighted by Crippen LogP contribution is -2.29. The fourth-order valence-electron chi connectivity index (χ4n) is 4.39. The summed E-state index contributed by atoms with van der Waals surface area (Å²) in [6.45, 7) is 2.45. The first-order chi connectivity index (χ1) is 16.0. The number of aromatic nitrogens is 2. The van der Waals surface area contributed by atoms with E-state index in [1.165, 1.54) is 38.2 Å². The van der Waals surface area contributed by atoms with E-state index in [0.717, 1.165) is 11.6 Å². The molecule has 7 nitrogen and oxygen atoms in total. The van der Waals surface area contributed by atoms with Gasteiger partial charge < -0.3 is 15.2 Å². The third-order valence-electron chi connectivity index (χ3n) is 6.08. The van der Waals surface area contributed by atoms with Crippen molar-refractivity contribution in [3.63, 3.8) is 0 Å². The van der Waals surface area contributed by atoms with E-state index in [9.17, 15) is 9.59 Å². The van der Waals surface area contributed by atoms with Gasteiger partial charge in [-0.3, -0.25) is 9.20 Å². The molecule has 0 bridgehead atoms. The summed E-state index contributed by atoms with van der Waals surface area (Å²) in [4.78, 5) is 29.0. The van der Waals surface area contributed by atoms with Crippen LogP contribution in [0.3, 0.4) is 0 Å². The SMILES string of the molecule is Cc1nc2c(OCC3CCCCC3)cccn2c1C(=O)N[C@@H](C=CC(=O)O)c1ccccc1. The first-order valence-electron chi connectivity index (χ1n) is 11.4. The van der Waals surface area contributed by atoms with Crippen LogP contribution in [0.5, 0.6) is 5.75 Å². The molecule has 33 heavy (non-hydrogen) atoms. The van der Waals surface area contributed by atoms with Crippen LogP contribution in [0, 0.1) is 12.8 Å². The van der Waals surface area contributed by atoms with Crippen LogP contribution in [-0.2, 0) is 4.79 Å². The molecule has 0 unspecified atom stereocenters. The third kappa shape index (κ3) is 5.42. The zero-order chi connectivity index (χ0) is 23.2. The molecule has 0 saturated heterocycles. The number of carbonyl (C=O) groups excluding carboxylic acids is 1. The number of imidazole rings is 1. The minimum absolute atomic E-state index is 0.340. The Hall–Kier alpha value is -3.61. The number of ether oxygens (including phenoxy) is 1. The van der Waals surface area contributed by atoms with Gasteiger partial charge in [0.2, 0.25) is 0 Å². The number of hydrogen-bond donors (Lipinski definition) is 2. The molecule has 2 heterocycles. The molecule has 1 aliphatic carbocycles. The molecule has 0 radical (unpaired) electrons. The molecule has 1 amide bonds. The van der Waals surface area contributed by atoms with Gasteiger partial charge in [0.1, 0.15) is 5.69 Å². The molecule has 7 heteroatoms. The number of nitrogens with one attached hydrogen (secondary N) is 1. The second-order valence-electron chi connectivity index (χ2n) is 8.49. The second-order valence-corrected chi connectivity index (χ2v) is 8.49. The van der Waals surface area contributed by atoms with Crippen molar-refractivity contribution >= 4 is 17.5 Å². The summed E-state index contributed by atoms with van der Waals surface area (Å²) in [5, 5.41) is 12.0. The largest absolute Gasteiger partial charge is 0.489 e. The van der Waals surface area contributed by atoms with Crippen LogP contribution in [0.15, 0.2) is 60.8 Å². The van der Waals surface area contributed by atoms with E-state index < -0.39 is 12.0 Å². The maximum atomic E-state index is 13.3. The van der Waals surface area contributed by atoms with Crippen LogP contribution >= 0.6 is 0 Å². The lowest BCUT2D eigenvalue weighted by molar-refractivity contribution is -0.131. The van der Waals surface area contributed by atoms with Crippen molar-refractivity contribution in [1.29, 1.82) is 0 Å². The van der Waals surface area contributed by atoms with Crippen molar-refractivity contribution in [1.82, 2.24) is 14.7 Å². The Morgan fingerprint density at radius 1 is 1.18 bits per heavy atom. The molecule has 172 valence electrons. The second kappa shape index (κ2) is 10.3. The summed E-state index contributed by atoms with van der Waals surface area (Å²) in [7, 11) is 0. The number of carboxylic acid groups (broad SMARTS) is 1. The van der Waals surface area contributed by atoms with Crippen LogP contribution < -0.4 is 10.1 Å². The van der Waals surface area contributed by atoms with Gasteiger partial charge in [0.15, 0.2) is 11.4 Å². The number of aryl methyl sites for hydroxylation is 1. The van der Waals surface area contributed by atoms with Gasteiger partial charge in [0.25, 0.3) is 5.91 Å². The number of fused-ring (bicyclic) bond motifs is 1. The van der Waals surface area contributed by atoms with Gasteiger partial charge >= 0.3 is 5.97 Å². The van der Waals surface area contributed by atoms with Crippen LogP contribution in [0.25, 0.3) is 5.65 Å². The molecule has 3 aromatic rings. The Morgan fingerprint density at radius 2 is 1.94 bits per heavy atom. The lowest BCUT2D eigenvalue weighted by Gasteiger charge is -2.21. The van der Waals surface area contributed by atoms with E-state index in [2.05, 4.69) is 10.3 Å². The number of carboxylic acids is 1. The Balaban J connectivity index is 1.58. The standard InChI is InChI=1S/C26H29N3O4/c1-18-24(26(32)28-21(14-15-23(30)31)20-11-6-3-7-12-20)29-16-8-13-22(25(29)27-18)33-17-19-9-4-2-5-10-19/h3,6-8,11-16,19,21H,2,4-5,9-10,17H2,1H3,(H,28,32)(H,30,31)/t21-/m0/s1. The molecular formula is C26H29N3O4. The third-order valence-corrected chi connectivity index (χ3v) is 6.08. The maximum Gasteiger partial charge on any atom is 0.328 e. The van der Waals surface area contributed by atoms with Crippen LogP contribution in [0.4, 0.5) is 0 Å². The lowest BCUT2D eigenvalue weighted by atomic mass is 9.90. The molecule has 2 aromatic heterocycles. The normalized spacial score (nSPS) is 15.5. The Labute approximate surface area is 193 Å². The Kier molecular flexibility index (Phi) is 7.07. The summed E-state index contributed by atoms with van der Waals surface area (Å²) in [6, 6.07) is 12.4. The topological polar surface area (TPSA) is 92.9 Å². The Bertz CT molecular complexity index is 1150. The van der Waals surface area contributed by atoms with Crippen molar-refractivity contribution in [2.45, 2.75) is 45.1 Å². The molecule has 1 aliphatic rings. The van der Waals surface area contributed by atoms with Gasteiger partial charge in [-0.1, -0.05) is 55.7 Å². The number of rotatable bonds is 8. The van der Waals surface area contributed by atoms with E-state index >= 15 is 0 Å². The molecule has 0 spiro atoms. The number of aliphatic carboxylic acids is 1. The van der Waals surface area contributed by atoms with Gasteiger partial charge in [-0.05, 0) is 43.4 Å². The van der Waals surface area contributed by atoms with E-state index in [-0.39, 0.29) is 5.91 Å². The van der Waals surface area contributed by atoms with Gasteiger partial charge in [0, 0.05) is 12.3 Å². The summed E-state index contributed by atoms with van der Waals surface area (Å²) >= 11 is 0. The number of nitrogens with zero attached hydrogens (tertiary/aromatic N) is 2. The van der Waals surface area contributed by atoms with Crippen LogP contribution in [0.2, 0.25) is 0 Å². The number of benzene rings is 1. The highest BCUT2D eigenvalue weighted by Gasteiger charge is 2.22. The first-order valence-corrected chi connectivity index (χ1v) is 11.4. The van der Waals surface area contributed by atoms with Crippen LogP contribution in [0.1, 0.15) is 59.9 Å². The highest BCUT2D eigenvalue weighted by atomic mass is 16.5. The average molecular weight is 448 g/mol. The van der Waals surface area contributed by atoms with Crippen molar-refractivity contribution in [3.8, 4) is 5.75 Å². The summed E-state index contributed by atoms with van der Waals surface area (Å²) in [5.41, 5.74) is 2.37. The highest BCUT2D eigenvalue weighted by Crippen LogP contribution is 2.27. The quantitative estimate of drug-likeness (QED) is 0.488. The van der Waals surface area contributed by atoms with Crippen molar-refractivity contribution in [2.24, 2.45) is 5.92 Å². The molecule has 1 atom stereocenters. The van der Waals surface area contributed by atoms with Gasteiger partial charge in [-0.2, -0.15) is 0 Å². The van der Waals surface area contributed by atoms with E-state index in [1.807, 2.05) is 42.5 Å². The predicted molar refractivity (Wildman–Crippen MR) is 125 cm³/mol. The summed E-state index contributed by atoms with van der Waals surface area (Å²) in [5.74, 6) is -0.190. The molecular weight excluding hydrogens is 418 g/mol. The molecule has 1 fully saturated rings. The molecule has 4 rings (SSSR count). The van der Waals surface area contributed by atoms with E-state index in [4.69, 9.17) is 9.84 Å². The van der Waals surface area contributed by atoms with Gasteiger partial charge in [-0.25, -0.2) is 9.78 Å². The molecule has 1 saturated carbocycles. The van der Waals surface area contributed by atoms with Gasteiger partial charge in [-0.15, -0.1) is 0 Å². The summed E-state index contributed by atoms with van der Waals surface area (Å²) in [6.07, 6.45) is 10.5. The van der Waals surface area contributed by atoms with Crippen molar-refractivity contribution < 1.29 is 19.4 Å². The number of amides is 1. The van der Waals surface area contributed by atoms with E-state index in [1.54, 1.807) is 17.5 Å². The summed E-state index contributed by atoms with van der Waals surface area (Å²) < 4.78 is 7.87. The monoisotopic (exact) mass is 447 g/mol. The van der Waals surface area contributed by atoms with Crippen LogP contribution in [-0.4, -0.2) is 33.0 Å². The number of pyridine rings is 1. The Morgan fingerprint density at radius 3 is 2.67 bits per heavy atom. The van der Waals surface area contributed by atoms with E-state index in [0.29, 0.717) is 35.3 Å². The fraction of sp³-hybridized carbons (Fsp3) is 0.346. The minimum Gasteiger partial charge on any atom is -0.489 e. The van der Waals surface area contributed by atoms with Gasteiger partial charge in [0.05, 0.1) is 18.3 Å². The highest BCUT2D eigenvalue weighted by molar-refractivity contribution is 5.95. The number of hydrogen-bond acceptors (Lipinski definition) is 4. The minimum atomic E-state index is -1.07. The van der Waals surface area contributed by atoms with Crippen molar-refractivity contribution in [2.75, 3.05) is 6.61 Å². The molecule has 2 N–H and O–H groups in total. The maximum absolute atomic E-state index is 13.3. The smallest absolute Gasteiger partial charge is 0.328 e. The fourth-order valence-corrected chi connectivity index (χ4v) is 4.39.